The molecule has 1 aromatic heterocycles. The molecule has 156 valence electrons. The van der Waals surface area contributed by atoms with E-state index < -0.39 is 17.6 Å². The van der Waals surface area contributed by atoms with Gasteiger partial charge in [-0.3, -0.25) is 20.4 Å². The van der Waals surface area contributed by atoms with Crippen LogP contribution in [0.2, 0.25) is 0 Å². The number of hydrogen-bond donors (Lipinski definition) is 2. The normalized spacial score (nSPS) is 10.4. The third kappa shape index (κ3) is 5.10. The number of amides is 2. The van der Waals surface area contributed by atoms with Gasteiger partial charge in [0.1, 0.15) is 5.82 Å². The number of ether oxygens (including phenoxy) is 2. The summed E-state index contributed by atoms with van der Waals surface area (Å²) in [6, 6.07) is 10.1. The summed E-state index contributed by atoms with van der Waals surface area (Å²) in [6.45, 7) is 0. The van der Waals surface area contributed by atoms with Gasteiger partial charge in [-0.15, -0.1) is 0 Å². The molecule has 0 saturated heterocycles. The lowest BCUT2D eigenvalue weighted by Gasteiger charge is -2.07. The molecule has 1 heterocycles. The second kappa shape index (κ2) is 9.50. The first-order valence-electron chi connectivity index (χ1n) is 8.90. The average molecular weight is 414 g/mol. The highest BCUT2D eigenvalue weighted by Gasteiger charge is 2.14. The molecule has 0 spiro atoms. The molecule has 30 heavy (non-hydrogen) atoms. The fourth-order valence-corrected chi connectivity index (χ4v) is 2.53. The van der Waals surface area contributed by atoms with Crippen LogP contribution in [0.3, 0.4) is 0 Å². The number of rotatable bonds is 7. The number of benzene rings is 2. The molecule has 0 aliphatic carbocycles. The number of nitrogens with one attached hydrogen (secondary N) is 2. The molecule has 0 atom stereocenters. The zero-order valence-corrected chi connectivity index (χ0v) is 16.3. The number of halogens is 1. The van der Waals surface area contributed by atoms with E-state index in [4.69, 9.17) is 14.0 Å². The van der Waals surface area contributed by atoms with Gasteiger partial charge in [-0.05, 0) is 42.5 Å². The lowest BCUT2D eigenvalue weighted by Crippen LogP contribution is -2.41. The Morgan fingerprint density at radius 1 is 1.03 bits per heavy atom. The number of carbonyl (C=O) groups is 2. The fourth-order valence-electron chi connectivity index (χ4n) is 2.53. The van der Waals surface area contributed by atoms with Crippen LogP contribution in [-0.2, 0) is 11.2 Å². The SMILES string of the molecule is COc1ccc(-c2noc(CCC(=O)NNC(=O)c3ccc(F)cc3)n2)cc1OC. The molecule has 0 radical (unpaired) electrons. The van der Waals surface area contributed by atoms with E-state index in [9.17, 15) is 14.0 Å². The van der Waals surface area contributed by atoms with Gasteiger partial charge in [0.2, 0.25) is 17.6 Å². The third-order valence-corrected chi connectivity index (χ3v) is 4.10. The second-order valence-electron chi connectivity index (χ2n) is 6.09. The van der Waals surface area contributed by atoms with Gasteiger partial charge in [-0.1, -0.05) is 5.16 Å². The Morgan fingerprint density at radius 2 is 1.77 bits per heavy atom. The van der Waals surface area contributed by atoms with E-state index in [1.165, 1.54) is 26.4 Å². The van der Waals surface area contributed by atoms with E-state index in [2.05, 4.69) is 21.0 Å². The number of hydrogen-bond acceptors (Lipinski definition) is 7. The Balaban J connectivity index is 1.52. The van der Waals surface area contributed by atoms with Crippen LogP contribution in [-0.4, -0.2) is 36.2 Å². The van der Waals surface area contributed by atoms with Crippen molar-refractivity contribution in [2.24, 2.45) is 0 Å². The van der Waals surface area contributed by atoms with E-state index in [0.717, 1.165) is 12.1 Å². The van der Waals surface area contributed by atoms with Crippen molar-refractivity contribution in [1.82, 2.24) is 21.0 Å². The number of hydrazine groups is 1. The first-order valence-corrected chi connectivity index (χ1v) is 8.90. The van der Waals surface area contributed by atoms with Gasteiger partial charge in [0, 0.05) is 24.0 Å². The largest absolute Gasteiger partial charge is 0.493 e. The Morgan fingerprint density at radius 3 is 2.47 bits per heavy atom. The summed E-state index contributed by atoms with van der Waals surface area (Å²) in [6.07, 6.45) is 0.190. The van der Waals surface area contributed by atoms with Gasteiger partial charge in [0.25, 0.3) is 5.91 Å². The third-order valence-electron chi connectivity index (χ3n) is 4.10. The quantitative estimate of drug-likeness (QED) is 0.570. The summed E-state index contributed by atoms with van der Waals surface area (Å²) in [4.78, 5) is 28.1. The summed E-state index contributed by atoms with van der Waals surface area (Å²) >= 11 is 0. The highest BCUT2D eigenvalue weighted by Crippen LogP contribution is 2.31. The van der Waals surface area contributed by atoms with Crippen LogP contribution < -0.4 is 20.3 Å². The molecular weight excluding hydrogens is 395 g/mol. The lowest BCUT2D eigenvalue weighted by atomic mass is 10.2. The maximum atomic E-state index is 12.9. The van der Waals surface area contributed by atoms with Crippen molar-refractivity contribution in [3.05, 3.63) is 59.7 Å². The molecular formula is C20H19FN4O5. The summed E-state index contributed by atoms with van der Waals surface area (Å²) in [5.41, 5.74) is 5.42. The van der Waals surface area contributed by atoms with E-state index in [-0.39, 0.29) is 24.3 Å². The van der Waals surface area contributed by atoms with E-state index in [1.807, 2.05) is 0 Å². The fraction of sp³-hybridized carbons (Fsp3) is 0.200. The summed E-state index contributed by atoms with van der Waals surface area (Å²) < 4.78 is 28.5. The van der Waals surface area contributed by atoms with Gasteiger partial charge in [0.05, 0.1) is 14.2 Å². The first-order chi connectivity index (χ1) is 14.5. The Kier molecular flexibility index (Phi) is 6.58. The monoisotopic (exact) mass is 414 g/mol. The molecule has 0 aliphatic heterocycles. The lowest BCUT2D eigenvalue weighted by molar-refractivity contribution is -0.121. The summed E-state index contributed by atoms with van der Waals surface area (Å²) in [5.74, 6) is 0.244. The predicted molar refractivity (Wildman–Crippen MR) is 103 cm³/mol. The van der Waals surface area contributed by atoms with Gasteiger partial charge in [-0.2, -0.15) is 4.98 Å². The molecule has 10 heteroatoms. The Labute approximate surface area is 171 Å². The van der Waals surface area contributed by atoms with Crippen molar-refractivity contribution in [2.45, 2.75) is 12.8 Å². The number of aryl methyl sites for hydroxylation is 1. The maximum absolute atomic E-state index is 12.9. The van der Waals surface area contributed by atoms with Crippen LogP contribution in [0.4, 0.5) is 4.39 Å². The zero-order chi connectivity index (χ0) is 21.5. The minimum Gasteiger partial charge on any atom is -0.493 e. The molecule has 2 amide bonds. The molecule has 9 nitrogen and oxygen atoms in total. The number of methoxy groups -OCH3 is 2. The summed E-state index contributed by atoms with van der Waals surface area (Å²) in [7, 11) is 3.06. The highest BCUT2D eigenvalue weighted by molar-refractivity contribution is 5.95. The Hall–Kier alpha value is -3.95. The molecule has 0 unspecified atom stereocenters. The minimum atomic E-state index is -0.558. The molecule has 0 fully saturated rings. The zero-order valence-electron chi connectivity index (χ0n) is 16.3. The van der Waals surface area contributed by atoms with Crippen molar-refractivity contribution < 1.29 is 28.0 Å². The van der Waals surface area contributed by atoms with Crippen molar-refractivity contribution in [3.8, 4) is 22.9 Å². The van der Waals surface area contributed by atoms with Gasteiger partial charge in [0.15, 0.2) is 11.5 Å². The van der Waals surface area contributed by atoms with Crippen LogP contribution in [0.1, 0.15) is 22.7 Å². The molecule has 2 N–H and O–H groups in total. The van der Waals surface area contributed by atoms with Crippen LogP contribution in [0.15, 0.2) is 47.0 Å². The predicted octanol–water partition coefficient (Wildman–Crippen LogP) is 2.29. The number of aromatic nitrogens is 2. The maximum Gasteiger partial charge on any atom is 0.269 e. The second-order valence-corrected chi connectivity index (χ2v) is 6.09. The van der Waals surface area contributed by atoms with E-state index >= 15 is 0 Å². The average Bonchev–Trinajstić information content (AvgIpc) is 3.25. The van der Waals surface area contributed by atoms with Crippen LogP contribution in [0, 0.1) is 5.82 Å². The van der Waals surface area contributed by atoms with E-state index in [1.54, 1.807) is 18.2 Å². The van der Waals surface area contributed by atoms with Gasteiger partial charge in [-0.25, -0.2) is 4.39 Å². The topological polar surface area (TPSA) is 116 Å². The Bertz CT molecular complexity index is 1040. The van der Waals surface area contributed by atoms with Crippen LogP contribution in [0.5, 0.6) is 11.5 Å². The molecule has 0 aliphatic rings. The number of carbonyl (C=O) groups excluding carboxylic acids is 2. The summed E-state index contributed by atoms with van der Waals surface area (Å²) in [5, 5.41) is 3.90. The van der Waals surface area contributed by atoms with E-state index in [0.29, 0.717) is 22.9 Å². The molecule has 0 saturated carbocycles. The molecule has 0 bridgehead atoms. The van der Waals surface area contributed by atoms with Gasteiger partial charge >= 0.3 is 0 Å². The van der Waals surface area contributed by atoms with Gasteiger partial charge < -0.3 is 14.0 Å². The van der Waals surface area contributed by atoms with Crippen molar-refractivity contribution in [2.75, 3.05) is 14.2 Å². The first kappa shape index (κ1) is 20.8. The van der Waals surface area contributed by atoms with Crippen molar-refractivity contribution >= 4 is 11.8 Å². The van der Waals surface area contributed by atoms with Crippen LogP contribution >= 0.6 is 0 Å². The van der Waals surface area contributed by atoms with Crippen molar-refractivity contribution in [3.63, 3.8) is 0 Å². The number of nitrogens with zero attached hydrogens (tertiary/aromatic N) is 2. The van der Waals surface area contributed by atoms with Crippen LogP contribution in [0.25, 0.3) is 11.4 Å². The standard InChI is InChI=1S/C20H19FN4O5/c1-28-15-8-5-13(11-16(15)29-2)19-22-18(30-25-19)10-9-17(26)23-24-20(27)12-3-6-14(21)7-4-12/h3-8,11H,9-10H2,1-2H3,(H,23,26)(H,24,27). The smallest absolute Gasteiger partial charge is 0.269 e. The molecule has 3 aromatic rings. The molecule has 3 rings (SSSR count). The van der Waals surface area contributed by atoms with Crippen molar-refractivity contribution in [1.29, 1.82) is 0 Å². The highest BCUT2D eigenvalue weighted by atomic mass is 19.1. The minimum absolute atomic E-state index is 0.0112. The molecule has 2 aromatic carbocycles.